The smallest absolute Gasteiger partial charge is 0.125 e. The van der Waals surface area contributed by atoms with E-state index in [-0.39, 0.29) is 5.84 Å². The van der Waals surface area contributed by atoms with Gasteiger partial charge in [-0.1, -0.05) is 48.0 Å². The van der Waals surface area contributed by atoms with Crippen molar-refractivity contribution in [2.24, 2.45) is 5.73 Å². The molecule has 0 saturated carbocycles. The highest BCUT2D eigenvalue weighted by atomic mass is 35.5. The van der Waals surface area contributed by atoms with Gasteiger partial charge >= 0.3 is 0 Å². The molecule has 0 aliphatic carbocycles. The Labute approximate surface area is 142 Å². The van der Waals surface area contributed by atoms with Gasteiger partial charge in [-0.05, 0) is 36.1 Å². The minimum atomic E-state index is 0.0779. The van der Waals surface area contributed by atoms with Crippen molar-refractivity contribution in [2.45, 2.75) is 21.6 Å². The van der Waals surface area contributed by atoms with E-state index in [0.29, 0.717) is 10.0 Å². The topological polar surface area (TPSA) is 49.9 Å². The summed E-state index contributed by atoms with van der Waals surface area (Å²) in [6.45, 7) is 2.08. The lowest BCUT2D eigenvalue weighted by atomic mass is 10.2. The molecule has 0 unspecified atom stereocenters. The first kappa shape index (κ1) is 16.6. The second-order valence-electron chi connectivity index (χ2n) is 4.15. The molecule has 0 bridgehead atoms. The van der Waals surface area contributed by atoms with Gasteiger partial charge in [0.05, 0.1) is 10.0 Å². The Hall–Kier alpha value is -0.810. The van der Waals surface area contributed by atoms with Crippen LogP contribution >= 0.6 is 46.7 Å². The lowest BCUT2D eigenvalue weighted by Gasteiger charge is -2.12. The molecule has 6 heteroatoms. The summed E-state index contributed by atoms with van der Waals surface area (Å²) in [6.07, 6.45) is 0. The van der Waals surface area contributed by atoms with E-state index in [4.69, 9.17) is 34.3 Å². The summed E-state index contributed by atoms with van der Waals surface area (Å²) in [5.41, 5.74) is 6.54. The lowest BCUT2D eigenvalue weighted by Crippen LogP contribution is -2.13. The summed E-state index contributed by atoms with van der Waals surface area (Å²) in [6, 6.07) is 11.4. The van der Waals surface area contributed by atoms with Crippen LogP contribution in [0.2, 0.25) is 10.0 Å². The third-order valence-electron chi connectivity index (χ3n) is 2.68. The monoisotopic (exact) mass is 356 g/mol. The van der Waals surface area contributed by atoms with E-state index < -0.39 is 0 Å². The minimum Gasteiger partial charge on any atom is -0.384 e. The number of nitrogens with two attached hydrogens (primary N) is 1. The molecule has 21 heavy (non-hydrogen) atoms. The normalized spacial score (nSPS) is 10.6. The Morgan fingerprint density at radius 3 is 2.48 bits per heavy atom. The average Bonchev–Trinajstić information content (AvgIpc) is 2.43. The average molecular weight is 357 g/mol. The van der Waals surface area contributed by atoms with Gasteiger partial charge in [-0.15, -0.1) is 11.8 Å². The van der Waals surface area contributed by atoms with E-state index in [9.17, 15) is 0 Å². The van der Waals surface area contributed by atoms with Crippen molar-refractivity contribution >= 4 is 52.6 Å². The van der Waals surface area contributed by atoms with Gasteiger partial charge in [0.25, 0.3) is 0 Å². The maximum atomic E-state index is 7.84. The zero-order valence-electron chi connectivity index (χ0n) is 11.3. The standard InChI is InChI=1S/C15H14Cl2N2S2/c1-2-20-12-4-3-5-13(14(12)15(18)19)21-9-6-7-10(16)11(17)8-9/h3-8H,2H2,1H3,(H3,18,19). The summed E-state index contributed by atoms with van der Waals surface area (Å²) >= 11 is 15.2. The molecule has 2 aromatic rings. The first-order valence-electron chi connectivity index (χ1n) is 6.26. The van der Waals surface area contributed by atoms with Crippen LogP contribution in [-0.4, -0.2) is 11.6 Å². The Morgan fingerprint density at radius 1 is 1.14 bits per heavy atom. The van der Waals surface area contributed by atoms with E-state index in [1.807, 2.05) is 30.3 Å². The fraction of sp³-hybridized carbons (Fsp3) is 0.133. The van der Waals surface area contributed by atoms with E-state index in [0.717, 1.165) is 26.0 Å². The van der Waals surface area contributed by atoms with Gasteiger partial charge in [0.15, 0.2) is 0 Å². The number of hydrogen-bond acceptors (Lipinski definition) is 3. The van der Waals surface area contributed by atoms with Crippen LogP contribution in [0.25, 0.3) is 0 Å². The van der Waals surface area contributed by atoms with Gasteiger partial charge in [-0.2, -0.15) is 0 Å². The lowest BCUT2D eigenvalue weighted by molar-refractivity contribution is 1.24. The summed E-state index contributed by atoms with van der Waals surface area (Å²) in [4.78, 5) is 2.93. The van der Waals surface area contributed by atoms with Gasteiger partial charge in [-0.3, -0.25) is 5.41 Å². The molecule has 0 spiro atoms. The van der Waals surface area contributed by atoms with Gasteiger partial charge < -0.3 is 5.73 Å². The van der Waals surface area contributed by atoms with Gasteiger partial charge in [0.2, 0.25) is 0 Å². The van der Waals surface area contributed by atoms with Crippen LogP contribution in [0.3, 0.4) is 0 Å². The number of thioether (sulfide) groups is 1. The fourth-order valence-electron chi connectivity index (χ4n) is 1.80. The molecule has 2 nitrogen and oxygen atoms in total. The number of amidine groups is 1. The molecule has 2 rings (SSSR count). The van der Waals surface area contributed by atoms with Crippen molar-refractivity contribution in [2.75, 3.05) is 5.75 Å². The number of benzene rings is 2. The third-order valence-corrected chi connectivity index (χ3v) is 5.40. The predicted octanol–water partition coefficient (Wildman–Crippen LogP) is 5.54. The Kier molecular flexibility index (Phi) is 5.88. The van der Waals surface area contributed by atoms with Crippen LogP contribution in [0, 0.1) is 5.41 Å². The van der Waals surface area contributed by atoms with Gasteiger partial charge in [0, 0.05) is 20.2 Å². The van der Waals surface area contributed by atoms with Crippen molar-refractivity contribution in [3.8, 4) is 0 Å². The summed E-state index contributed by atoms with van der Waals surface area (Å²) in [7, 11) is 0. The molecule has 0 heterocycles. The van der Waals surface area contributed by atoms with Gasteiger partial charge in [0.1, 0.15) is 5.84 Å². The van der Waals surface area contributed by atoms with E-state index in [2.05, 4.69) is 6.92 Å². The highest BCUT2D eigenvalue weighted by Crippen LogP contribution is 2.37. The number of nitrogen functional groups attached to an aromatic ring is 1. The molecule has 0 atom stereocenters. The Balaban J connectivity index is 2.41. The molecule has 0 aliphatic rings. The molecule has 0 fully saturated rings. The second-order valence-corrected chi connectivity index (χ2v) is 7.39. The molecular formula is C15H14Cl2N2S2. The number of nitrogens with one attached hydrogen (secondary N) is 1. The van der Waals surface area contributed by atoms with Crippen molar-refractivity contribution in [1.82, 2.24) is 0 Å². The van der Waals surface area contributed by atoms with Crippen molar-refractivity contribution < 1.29 is 0 Å². The number of hydrogen-bond donors (Lipinski definition) is 2. The molecule has 0 radical (unpaired) electrons. The van der Waals surface area contributed by atoms with Crippen molar-refractivity contribution in [1.29, 1.82) is 5.41 Å². The third kappa shape index (κ3) is 4.10. The summed E-state index contributed by atoms with van der Waals surface area (Å²) in [5, 5.41) is 8.89. The van der Waals surface area contributed by atoms with Crippen LogP contribution in [0.15, 0.2) is 51.1 Å². The SMILES string of the molecule is CCSc1cccc(Sc2ccc(Cl)c(Cl)c2)c1C(=N)N. The Bertz CT molecular complexity index is 675. The minimum absolute atomic E-state index is 0.0779. The van der Waals surface area contributed by atoms with Crippen molar-refractivity contribution in [3.05, 3.63) is 52.0 Å². The molecule has 0 aromatic heterocycles. The molecule has 2 aromatic carbocycles. The maximum Gasteiger partial charge on any atom is 0.125 e. The Morgan fingerprint density at radius 2 is 1.86 bits per heavy atom. The zero-order chi connectivity index (χ0) is 15.4. The van der Waals surface area contributed by atoms with E-state index in [1.165, 1.54) is 11.8 Å². The number of rotatable bonds is 5. The van der Waals surface area contributed by atoms with Gasteiger partial charge in [-0.25, -0.2) is 0 Å². The quantitative estimate of drug-likeness (QED) is 0.420. The highest BCUT2D eigenvalue weighted by molar-refractivity contribution is 8.00. The summed E-state index contributed by atoms with van der Waals surface area (Å²) in [5.74, 6) is 1.01. The van der Waals surface area contributed by atoms with Crippen LogP contribution in [0.5, 0.6) is 0 Å². The molecule has 3 N–H and O–H groups in total. The van der Waals surface area contributed by atoms with Crippen molar-refractivity contribution in [3.63, 3.8) is 0 Å². The molecule has 0 aliphatic heterocycles. The summed E-state index contributed by atoms with van der Waals surface area (Å²) < 4.78 is 0. The molecule has 110 valence electrons. The van der Waals surface area contributed by atoms with Crippen LogP contribution in [0.4, 0.5) is 0 Å². The zero-order valence-corrected chi connectivity index (χ0v) is 14.5. The fourth-order valence-corrected chi connectivity index (χ4v) is 4.12. The highest BCUT2D eigenvalue weighted by Gasteiger charge is 2.13. The molecular weight excluding hydrogens is 343 g/mol. The van der Waals surface area contributed by atoms with E-state index in [1.54, 1.807) is 17.8 Å². The number of halogens is 2. The molecule has 0 saturated heterocycles. The largest absolute Gasteiger partial charge is 0.384 e. The maximum absolute atomic E-state index is 7.84. The predicted molar refractivity (Wildman–Crippen MR) is 94.4 cm³/mol. The van der Waals surface area contributed by atoms with E-state index >= 15 is 0 Å². The van der Waals surface area contributed by atoms with Crippen LogP contribution in [0.1, 0.15) is 12.5 Å². The van der Waals surface area contributed by atoms with Crippen LogP contribution in [-0.2, 0) is 0 Å². The first-order valence-corrected chi connectivity index (χ1v) is 8.81. The molecule has 0 amide bonds. The first-order chi connectivity index (χ1) is 10.0. The van der Waals surface area contributed by atoms with Crippen LogP contribution < -0.4 is 5.73 Å². The second kappa shape index (κ2) is 7.45.